The Bertz CT molecular complexity index is 2420. The zero-order valence-electron chi connectivity index (χ0n) is 29.7. The second-order valence-electron chi connectivity index (χ2n) is 13.2. The molecule has 1 amide bonds. The number of aryl methyl sites for hydroxylation is 1. The molecule has 1 aliphatic rings. The molecule has 298 valence electrons. The second kappa shape index (κ2) is 16.1. The number of pyridine rings is 1. The van der Waals surface area contributed by atoms with Crippen molar-refractivity contribution in [2.45, 2.75) is 50.2 Å². The molecule has 11 nitrogen and oxygen atoms in total. The number of nitrogens with one attached hydrogen (secondary N) is 2. The summed E-state index contributed by atoms with van der Waals surface area (Å²) in [4.78, 5) is 21.8. The maximum absolute atomic E-state index is 14.8. The molecule has 0 bridgehead atoms. The van der Waals surface area contributed by atoms with Gasteiger partial charge in [0.05, 0.1) is 39.6 Å². The van der Waals surface area contributed by atoms with Gasteiger partial charge in [-0.25, -0.2) is 35.4 Å². The van der Waals surface area contributed by atoms with E-state index in [1.165, 1.54) is 36.0 Å². The lowest BCUT2D eigenvalue weighted by molar-refractivity contribution is -0.120. The number of anilines is 1. The van der Waals surface area contributed by atoms with Gasteiger partial charge in [-0.3, -0.25) is 19.2 Å². The first-order valence-corrected chi connectivity index (χ1v) is 18.8. The predicted molar refractivity (Wildman–Crippen MR) is 196 cm³/mol. The average molecular weight is 828 g/mol. The minimum Gasteiger partial charge on any atom is -0.397 e. The Morgan fingerprint density at radius 1 is 1.16 bits per heavy atom. The van der Waals surface area contributed by atoms with Gasteiger partial charge in [0.1, 0.15) is 36.3 Å². The van der Waals surface area contributed by atoms with Crippen molar-refractivity contribution in [3.8, 4) is 23.0 Å². The van der Waals surface area contributed by atoms with Crippen LogP contribution in [-0.2, 0) is 28.3 Å². The van der Waals surface area contributed by atoms with E-state index in [9.17, 15) is 49.1 Å². The molecule has 1 fully saturated rings. The summed E-state index contributed by atoms with van der Waals surface area (Å²) in [5.74, 6) is -1.93. The highest BCUT2D eigenvalue weighted by molar-refractivity contribution is 7.92. The third-order valence-corrected chi connectivity index (χ3v) is 9.35. The van der Waals surface area contributed by atoms with E-state index in [-0.39, 0.29) is 49.8 Å². The molecule has 1 aliphatic carbocycles. The van der Waals surface area contributed by atoms with E-state index in [4.69, 9.17) is 17.3 Å². The van der Waals surface area contributed by atoms with Gasteiger partial charge in [0.25, 0.3) is 12.3 Å². The molecule has 56 heavy (non-hydrogen) atoms. The van der Waals surface area contributed by atoms with Gasteiger partial charge in [-0.2, -0.15) is 13.9 Å². The van der Waals surface area contributed by atoms with Crippen molar-refractivity contribution < 1.29 is 49.1 Å². The monoisotopic (exact) mass is 827 g/mol. The van der Waals surface area contributed by atoms with Crippen LogP contribution in [0.25, 0.3) is 22.0 Å². The summed E-state index contributed by atoms with van der Waals surface area (Å²) in [5, 5.41) is 17.3. The van der Waals surface area contributed by atoms with Crippen molar-refractivity contribution in [3.63, 3.8) is 0 Å². The van der Waals surface area contributed by atoms with Crippen molar-refractivity contribution in [1.82, 2.24) is 20.1 Å². The van der Waals surface area contributed by atoms with Crippen LogP contribution in [0.4, 0.5) is 36.6 Å². The second-order valence-corrected chi connectivity index (χ2v) is 15.3. The van der Waals surface area contributed by atoms with Crippen LogP contribution in [0.1, 0.15) is 42.8 Å². The molecule has 0 saturated heterocycles. The highest BCUT2D eigenvalue weighted by Crippen LogP contribution is 2.41. The fourth-order valence-electron chi connectivity index (χ4n) is 6.05. The van der Waals surface area contributed by atoms with Crippen LogP contribution in [-0.4, -0.2) is 77.3 Å². The number of amides is 1. The number of aromatic nitrogens is 3. The van der Waals surface area contributed by atoms with Gasteiger partial charge >= 0.3 is 0 Å². The number of halogens is 8. The van der Waals surface area contributed by atoms with E-state index in [0.717, 1.165) is 25.3 Å². The summed E-state index contributed by atoms with van der Waals surface area (Å²) in [6.45, 7) is -1.17. The standard InChI is InChI=1S/C36H33ClF7N7O4S/c1-35(53,17-38)10-8-21-4-5-22(23-6-7-25(37)28-31(23)51(2)49-34(28)50-56(3,54)55)30(47-21)26(14-18-12-19(39)15-20(40)13-18)48-27(52)16-46-32-24(29(45)33(41)42)9-11-36(32,43)44/h4-7,12-13,15,26,33,53H,9,11,14,16-17,45H2,1-3H3,(H,48,52)(H,49,50)/t26-,35?/m0/s1. The van der Waals surface area contributed by atoms with Crippen molar-refractivity contribution >= 4 is 50.0 Å². The quantitative estimate of drug-likeness (QED) is 0.110. The van der Waals surface area contributed by atoms with E-state index in [0.29, 0.717) is 6.07 Å². The first-order valence-electron chi connectivity index (χ1n) is 16.5. The normalized spacial score (nSPS) is 17.4. The topological polar surface area (TPSA) is 165 Å². The van der Waals surface area contributed by atoms with E-state index < -0.39 is 101 Å². The number of hydrogen-bond acceptors (Lipinski definition) is 8. The number of carbonyl (C=O) groups excluding carboxylic acids is 1. The van der Waals surface area contributed by atoms with E-state index in [2.05, 4.69) is 37.0 Å². The van der Waals surface area contributed by atoms with Gasteiger partial charge in [-0.1, -0.05) is 23.6 Å². The van der Waals surface area contributed by atoms with Crippen LogP contribution in [0, 0.1) is 23.5 Å². The highest BCUT2D eigenvalue weighted by Gasteiger charge is 2.45. The number of fused-ring (bicyclic) bond motifs is 1. The smallest absolute Gasteiger partial charge is 0.289 e. The first kappa shape index (κ1) is 42.0. The number of aliphatic imine (C=N–C) groups is 1. The Kier molecular flexibility index (Phi) is 12.1. The van der Waals surface area contributed by atoms with Crippen LogP contribution in [0.2, 0.25) is 5.02 Å². The van der Waals surface area contributed by atoms with E-state index >= 15 is 0 Å². The van der Waals surface area contributed by atoms with Gasteiger partial charge in [0.15, 0.2) is 11.4 Å². The molecular weight excluding hydrogens is 795 g/mol. The number of allylic oxidation sites excluding steroid dienone is 2. The Hall–Kier alpha value is -5.19. The maximum Gasteiger partial charge on any atom is 0.289 e. The van der Waals surface area contributed by atoms with Gasteiger partial charge in [0.2, 0.25) is 15.9 Å². The van der Waals surface area contributed by atoms with E-state index in [1.54, 1.807) is 0 Å². The van der Waals surface area contributed by atoms with Gasteiger partial charge in [0, 0.05) is 36.2 Å². The van der Waals surface area contributed by atoms with Gasteiger partial charge in [-0.15, -0.1) is 0 Å². The van der Waals surface area contributed by atoms with Crippen molar-refractivity contribution in [2.24, 2.45) is 17.8 Å². The molecular formula is C36H33ClF7N7O4S. The molecule has 2 aromatic carbocycles. The molecule has 1 saturated carbocycles. The lowest BCUT2D eigenvalue weighted by atomic mass is 9.93. The number of nitrogens with zero attached hydrogens (tertiary/aromatic N) is 4. The number of rotatable bonds is 11. The van der Waals surface area contributed by atoms with Crippen molar-refractivity contribution in [1.29, 1.82) is 0 Å². The molecule has 4 aromatic rings. The summed E-state index contributed by atoms with van der Waals surface area (Å²) >= 11 is 6.53. The molecule has 0 radical (unpaired) electrons. The number of aliphatic hydroxyl groups is 1. The van der Waals surface area contributed by atoms with E-state index in [1.807, 2.05) is 0 Å². The Balaban J connectivity index is 1.71. The lowest BCUT2D eigenvalue weighted by Gasteiger charge is -2.22. The molecule has 2 atom stereocenters. The average Bonchev–Trinajstić information content (AvgIpc) is 3.59. The fraction of sp³-hybridized carbons (Fsp3) is 0.333. The fourth-order valence-corrected chi connectivity index (χ4v) is 6.78. The third-order valence-electron chi connectivity index (χ3n) is 8.47. The zero-order valence-corrected chi connectivity index (χ0v) is 31.3. The van der Waals surface area contributed by atoms with Gasteiger partial charge in [-0.05, 0) is 61.6 Å². The van der Waals surface area contributed by atoms with Crippen LogP contribution in [0.3, 0.4) is 0 Å². The van der Waals surface area contributed by atoms with Crippen LogP contribution < -0.4 is 15.8 Å². The minimum absolute atomic E-state index is 0.0117. The SMILES string of the molecule is Cn1nc(NS(C)(=O)=O)c2c(Cl)ccc(-c3ccc(C#CC(C)(O)CF)nc3[C@H](Cc3cc(F)cc(F)c3)NC(=O)CN=C3C(=C(N)C(F)F)CCC3(F)F)c21. The number of sulfonamides is 1. The highest BCUT2D eigenvalue weighted by atomic mass is 35.5. The summed E-state index contributed by atoms with van der Waals surface area (Å²) in [6.07, 6.45) is -4.15. The Morgan fingerprint density at radius 2 is 1.82 bits per heavy atom. The maximum atomic E-state index is 14.8. The number of benzene rings is 2. The summed E-state index contributed by atoms with van der Waals surface area (Å²) in [6, 6.07) is 6.95. The Morgan fingerprint density at radius 3 is 2.45 bits per heavy atom. The molecule has 2 aromatic heterocycles. The van der Waals surface area contributed by atoms with Crippen molar-refractivity contribution in [2.75, 3.05) is 24.2 Å². The minimum atomic E-state index is -3.86. The van der Waals surface area contributed by atoms with Crippen molar-refractivity contribution in [3.05, 3.63) is 87.3 Å². The lowest BCUT2D eigenvalue weighted by Crippen LogP contribution is -2.34. The number of carbonyl (C=O) groups is 1. The molecule has 5 rings (SSSR count). The summed E-state index contributed by atoms with van der Waals surface area (Å²) in [7, 11) is -2.37. The molecule has 1 unspecified atom stereocenters. The largest absolute Gasteiger partial charge is 0.397 e. The molecule has 0 spiro atoms. The van der Waals surface area contributed by atoms with Gasteiger partial charge < -0.3 is 16.2 Å². The van der Waals surface area contributed by atoms with Crippen LogP contribution in [0.15, 0.2) is 58.7 Å². The number of nitrogens with two attached hydrogens (primary N) is 1. The Labute approximate surface area is 320 Å². The van der Waals surface area contributed by atoms with Crippen LogP contribution >= 0.6 is 11.6 Å². The third kappa shape index (κ3) is 9.60. The molecule has 2 heterocycles. The van der Waals surface area contributed by atoms with Crippen LogP contribution in [0.5, 0.6) is 0 Å². The number of alkyl halides is 5. The molecule has 20 heteroatoms. The number of hydrogen-bond donors (Lipinski definition) is 4. The summed E-state index contributed by atoms with van der Waals surface area (Å²) in [5.41, 5.74) is 1.09. The molecule has 5 N–H and O–H groups in total. The first-order chi connectivity index (χ1) is 26.1. The molecule has 0 aliphatic heterocycles. The predicted octanol–water partition coefficient (Wildman–Crippen LogP) is 5.76. The summed E-state index contributed by atoms with van der Waals surface area (Å²) < 4.78 is 127. The zero-order chi connectivity index (χ0) is 41.3.